The van der Waals surface area contributed by atoms with Crippen molar-refractivity contribution in [2.45, 2.75) is 13.5 Å². The topological polar surface area (TPSA) is 66.3 Å². The number of nitrogens with zero attached hydrogens (tertiary/aromatic N) is 7. The minimum Gasteiger partial charge on any atom is -0.300 e. The summed E-state index contributed by atoms with van der Waals surface area (Å²) in [5, 5.41) is 9.76. The second-order valence-corrected chi connectivity index (χ2v) is 6.54. The molecule has 9 heteroatoms. The molecule has 3 aromatic heterocycles. The van der Waals surface area contributed by atoms with Crippen LogP contribution in [0, 0.1) is 6.92 Å². The highest BCUT2D eigenvalue weighted by atomic mass is 35.5. The third-order valence-corrected chi connectivity index (χ3v) is 4.68. The summed E-state index contributed by atoms with van der Waals surface area (Å²) in [6.07, 6.45) is 3.72. The molecule has 5 rings (SSSR count). The van der Waals surface area contributed by atoms with Crippen LogP contribution in [0.25, 0.3) is 28.6 Å². The van der Waals surface area contributed by atoms with Crippen LogP contribution in [0.1, 0.15) is 11.4 Å². The third-order valence-electron chi connectivity index (χ3n) is 4.45. The first-order valence-electron chi connectivity index (χ1n) is 7.88. The van der Waals surface area contributed by atoms with E-state index in [-0.39, 0.29) is 12.4 Å². The molecule has 0 saturated heterocycles. The highest BCUT2D eigenvalue weighted by Gasteiger charge is 2.25. The van der Waals surface area contributed by atoms with E-state index in [9.17, 15) is 0 Å². The molecule has 7 nitrogen and oxygen atoms in total. The largest absolute Gasteiger partial charge is 0.300 e. The first-order chi connectivity index (χ1) is 12.1. The van der Waals surface area contributed by atoms with Crippen LogP contribution in [-0.2, 0) is 13.6 Å². The molecule has 4 heterocycles. The molecule has 0 unspecified atom stereocenters. The Labute approximate surface area is 160 Å². The molecule has 1 aromatic carbocycles. The van der Waals surface area contributed by atoms with Crippen molar-refractivity contribution in [3.63, 3.8) is 0 Å². The maximum atomic E-state index is 6.26. The molecule has 1 aliphatic rings. The molecule has 0 atom stereocenters. The summed E-state index contributed by atoms with van der Waals surface area (Å²) in [6, 6.07) is 7.70. The first-order valence-corrected chi connectivity index (χ1v) is 8.26. The Bertz CT molecular complexity index is 1120. The Kier molecular flexibility index (Phi) is 3.86. The van der Waals surface area contributed by atoms with E-state index in [4.69, 9.17) is 16.6 Å². The van der Waals surface area contributed by atoms with Gasteiger partial charge in [-0.2, -0.15) is 5.10 Å². The van der Waals surface area contributed by atoms with Crippen LogP contribution < -0.4 is 0 Å². The summed E-state index contributed by atoms with van der Waals surface area (Å²) < 4.78 is 5.72. The molecule has 4 aromatic rings. The smallest absolute Gasteiger partial charge is 0.202 e. The van der Waals surface area contributed by atoms with E-state index in [0.717, 1.165) is 34.2 Å². The summed E-state index contributed by atoms with van der Waals surface area (Å²) in [5.41, 5.74) is 4.73. The number of fused-ring (bicyclic) bond motifs is 5. The number of halogens is 2. The van der Waals surface area contributed by atoms with Gasteiger partial charge < -0.3 is 4.57 Å². The van der Waals surface area contributed by atoms with Gasteiger partial charge >= 0.3 is 0 Å². The molecule has 1 aliphatic heterocycles. The van der Waals surface area contributed by atoms with E-state index in [2.05, 4.69) is 19.7 Å². The molecule has 132 valence electrons. The molecule has 0 amide bonds. The van der Waals surface area contributed by atoms with Crippen molar-refractivity contribution in [3.8, 4) is 28.6 Å². The Morgan fingerprint density at radius 3 is 2.77 bits per heavy atom. The van der Waals surface area contributed by atoms with Crippen molar-refractivity contribution in [3.05, 3.63) is 53.2 Å². The van der Waals surface area contributed by atoms with Crippen molar-refractivity contribution in [2.75, 3.05) is 0 Å². The lowest BCUT2D eigenvalue weighted by atomic mass is 10.1. The average molecular weight is 388 g/mol. The number of imidazole rings is 1. The highest BCUT2D eigenvalue weighted by Crippen LogP contribution is 2.34. The standard InChI is InChI=1S/C17H14ClN7.ClH/c1-10-15-8-25-17(20-16(22-25)13-5-6-23(2)21-13)12-7-11(18)3-4-14(12)24(15)9-19-10;/h3-7,9H,8H2,1-2H3;1H. The highest BCUT2D eigenvalue weighted by molar-refractivity contribution is 6.31. The number of aromatic nitrogens is 7. The van der Waals surface area contributed by atoms with E-state index in [1.807, 2.05) is 55.4 Å². The minimum absolute atomic E-state index is 0. The van der Waals surface area contributed by atoms with Gasteiger partial charge in [0.05, 0.1) is 29.9 Å². The first kappa shape index (κ1) is 16.8. The molecular weight excluding hydrogens is 373 g/mol. The second-order valence-electron chi connectivity index (χ2n) is 6.10. The molecule has 0 radical (unpaired) electrons. The van der Waals surface area contributed by atoms with Gasteiger partial charge in [0.1, 0.15) is 5.69 Å². The fraction of sp³-hybridized carbons (Fsp3) is 0.176. The number of rotatable bonds is 1. The van der Waals surface area contributed by atoms with Crippen molar-refractivity contribution in [1.29, 1.82) is 0 Å². The Balaban J connectivity index is 0.00000168. The molecule has 0 N–H and O–H groups in total. The van der Waals surface area contributed by atoms with Crippen LogP contribution in [0.3, 0.4) is 0 Å². The molecule has 0 aliphatic carbocycles. The van der Waals surface area contributed by atoms with Crippen molar-refractivity contribution >= 4 is 24.0 Å². The maximum Gasteiger partial charge on any atom is 0.202 e. The number of hydrogen-bond donors (Lipinski definition) is 0. The molecule has 0 spiro atoms. The zero-order valence-corrected chi connectivity index (χ0v) is 15.7. The van der Waals surface area contributed by atoms with Gasteiger partial charge in [0.25, 0.3) is 0 Å². The van der Waals surface area contributed by atoms with Gasteiger partial charge in [-0.15, -0.1) is 17.5 Å². The Morgan fingerprint density at radius 2 is 2.00 bits per heavy atom. The monoisotopic (exact) mass is 387 g/mol. The van der Waals surface area contributed by atoms with Gasteiger partial charge in [0, 0.05) is 23.8 Å². The van der Waals surface area contributed by atoms with Crippen LogP contribution in [0.4, 0.5) is 0 Å². The fourth-order valence-electron chi connectivity index (χ4n) is 3.19. The summed E-state index contributed by atoms with van der Waals surface area (Å²) in [5.74, 6) is 1.38. The van der Waals surface area contributed by atoms with E-state index in [0.29, 0.717) is 17.4 Å². The Hall–Kier alpha value is -2.64. The lowest BCUT2D eigenvalue weighted by Gasteiger charge is -2.08. The minimum atomic E-state index is 0. The second kappa shape index (κ2) is 5.96. The lowest BCUT2D eigenvalue weighted by molar-refractivity contribution is 0.674. The van der Waals surface area contributed by atoms with Gasteiger partial charge in [-0.25, -0.2) is 14.6 Å². The lowest BCUT2D eigenvalue weighted by Crippen LogP contribution is -2.05. The van der Waals surface area contributed by atoms with E-state index >= 15 is 0 Å². The number of hydrogen-bond acceptors (Lipinski definition) is 4. The van der Waals surface area contributed by atoms with Gasteiger partial charge in [0.2, 0.25) is 5.82 Å². The van der Waals surface area contributed by atoms with Crippen molar-refractivity contribution in [2.24, 2.45) is 7.05 Å². The SMILES string of the molecule is Cc1ncn2c1Cn1nc(-c3ccn(C)n3)nc1-c1cc(Cl)ccc1-2.Cl. The predicted molar refractivity (Wildman–Crippen MR) is 101 cm³/mol. The zero-order chi connectivity index (χ0) is 17.1. The number of aryl methyl sites for hydroxylation is 2. The summed E-state index contributed by atoms with van der Waals surface area (Å²) in [6.45, 7) is 2.59. The van der Waals surface area contributed by atoms with Crippen LogP contribution in [0.5, 0.6) is 0 Å². The van der Waals surface area contributed by atoms with Crippen LogP contribution >= 0.6 is 24.0 Å². The molecule has 0 fully saturated rings. The van der Waals surface area contributed by atoms with Crippen LogP contribution in [-0.4, -0.2) is 34.1 Å². The van der Waals surface area contributed by atoms with Crippen molar-refractivity contribution in [1.82, 2.24) is 34.1 Å². The zero-order valence-electron chi connectivity index (χ0n) is 14.1. The third kappa shape index (κ3) is 2.43. The van der Waals surface area contributed by atoms with Gasteiger partial charge in [0.15, 0.2) is 5.82 Å². The predicted octanol–water partition coefficient (Wildman–Crippen LogP) is 3.28. The van der Waals surface area contributed by atoms with E-state index in [1.165, 1.54) is 0 Å². The maximum absolute atomic E-state index is 6.26. The normalized spacial score (nSPS) is 12.0. The quantitative estimate of drug-likeness (QED) is 0.442. The van der Waals surface area contributed by atoms with Gasteiger partial charge in [-0.3, -0.25) is 4.68 Å². The van der Waals surface area contributed by atoms with Crippen molar-refractivity contribution < 1.29 is 0 Å². The van der Waals surface area contributed by atoms with Gasteiger partial charge in [-0.1, -0.05) is 11.6 Å². The number of benzene rings is 1. The molecular formula is C17H15Cl2N7. The average Bonchev–Trinajstić information content (AvgIpc) is 3.27. The summed E-state index contributed by atoms with van der Waals surface area (Å²) in [7, 11) is 1.88. The molecule has 0 bridgehead atoms. The fourth-order valence-corrected chi connectivity index (χ4v) is 3.37. The van der Waals surface area contributed by atoms with Crippen LogP contribution in [0.15, 0.2) is 36.8 Å². The molecule has 26 heavy (non-hydrogen) atoms. The summed E-state index contributed by atoms with van der Waals surface area (Å²) >= 11 is 6.26. The summed E-state index contributed by atoms with van der Waals surface area (Å²) in [4.78, 5) is 9.21. The molecule has 0 saturated carbocycles. The van der Waals surface area contributed by atoms with E-state index in [1.54, 1.807) is 4.68 Å². The van der Waals surface area contributed by atoms with E-state index < -0.39 is 0 Å². The van der Waals surface area contributed by atoms with Crippen LogP contribution in [0.2, 0.25) is 5.02 Å². The Morgan fingerprint density at radius 1 is 1.15 bits per heavy atom. The van der Waals surface area contributed by atoms with Gasteiger partial charge in [-0.05, 0) is 31.2 Å².